The number of likely N-dealkylation sites (tertiary alicyclic amines) is 1. The van der Waals surface area contributed by atoms with Crippen molar-refractivity contribution in [2.24, 2.45) is 0 Å². The molecule has 7 heteroatoms. The largest absolute Gasteiger partial charge is 0.387 e. The molecule has 22 heavy (non-hydrogen) atoms. The Hall–Kier alpha value is -1.99. The Kier molecular flexibility index (Phi) is 4.08. The summed E-state index contributed by atoms with van der Waals surface area (Å²) in [6, 6.07) is 3.91. The van der Waals surface area contributed by atoms with E-state index in [4.69, 9.17) is 5.73 Å². The van der Waals surface area contributed by atoms with Gasteiger partial charge in [-0.1, -0.05) is 0 Å². The first-order chi connectivity index (χ1) is 10.5. The van der Waals surface area contributed by atoms with Crippen molar-refractivity contribution >= 4 is 22.8 Å². The highest BCUT2D eigenvalue weighted by Gasteiger charge is 2.18. The molecule has 1 fully saturated rings. The van der Waals surface area contributed by atoms with Crippen molar-refractivity contribution in [3.8, 4) is 0 Å². The summed E-state index contributed by atoms with van der Waals surface area (Å²) in [5.74, 6) is 0.917. The topological polar surface area (TPSA) is 100 Å². The number of nitrogens with one attached hydrogen (secondary N) is 1. The number of aliphatic hydroxyl groups excluding tert-OH is 1. The second-order valence-electron chi connectivity index (χ2n) is 5.94. The number of rotatable bonds is 3. The van der Waals surface area contributed by atoms with Gasteiger partial charge in [-0.3, -0.25) is 0 Å². The highest BCUT2D eigenvalue weighted by atomic mass is 16.3. The van der Waals surface area contributed by atoms with Gasteiger partial charge in [0.2, 0.25) is 5.95 Å². The fraction of sp³-hybridized carbons (Fsp3) is 0.533. The first-order valence-electron chi connectivity index (χ1n) is 7.60. The van der Waals surface area contributed by atoms with Gasteiger partial charge in [0.1, 0.15) is 5.82 Å². The molecule has 1 aliphatic rings. The maximum atomic E-state index is 9.65. The van der Waals surface area contributed by atoms with Crippen LogP contribution in [-0.2, 0) is 0 Å². The zero-order valence-corrected chi connectivity index (χ0v) is 13.0. The fourth-order valence-corrected chi connectivity index (χ4v) is 2.68. The molecule has 0 spiro atoms. The fourth-order valence-electron chi connectivity index (χ4n) is 2.68. The number of piperidine rings is 1. The van der Waals surface area contributed by atoms with Crippen LogP contribution in [-0.4, -0.2) is 51.1 Å². The minimum atomic E-state index is -0.633. The maximum Gasteiger partial charge on any atom is 0.226 e. The number of fused-ring (bicyclic) bond motifs is 1. The van der Waals surface area contributed by atoms with E-state index >= 15 is 0 Å². The van der Waals surface area contributed by atoms with E-state index in [1.54, 1.807) is 19.1 Å². The predicted molar refractivity (Wildman–Crippen MR) is 86.5 cm³/mol. The number of aromatic nitrogens is 3. The lowest BCUT2D eigenvalue weighted by molar-refractivity contribution is 0.194. The van der Waals surface area contributed by atoms with Crippen molar-refractivity contribution in [3.63, 3.8) is 0 Å². The summed E-state index contributed by atoms with van der Waals surface area (Å²) in [5, 5.41) is 13.7. The van der Waals surface area contributed by atoms with Crippen molar-refractivity contribution in [2.45, 2.75) is 31.9 Å². The van der Waals surface area contributed by atoms with Gasteiger partial charge in [-0.25, -0.2) is 4.98 Å². The normalized spacial score (nSPS) is 18.5. The summed E-state index contributed by atoms with van der Waals surface area (Å²) in [6.07, 6.45) is 1.48. The summed E-state index contributed by atoms with van der Waals surface area (Å²) < 4.78 is 0. The number of hydrogen-bond acceptors (Lipinski definition) is 7. The Bertz CT molecular complexity index is 666. The third kappa shape index (κ3) is 3.10. The SMILES string of the molecule is CC(O)c1ccc2c(N)nc(NC3CCN(C)CC3)nc2n1. The summed E-state index contributed by atoms with van der Waals surface area (Å²) in [4.78, 5) is 15.5. The molecule has 0 saturated carbocycles. The molecule has 2 aromatic rings. The van der Waals surface area contributed by atoms with E-state index in [0.29, 0.717) is 34.5 Å². The number of nitrogens with two attached hydrogens (primary N) is 1. The van der Waals surface area contributed by atoms with Crippen molar-refractivity contribution in [1.29, 1.82) is 0 Å². The molecule has 0 aliphatic carbocycles. The van der Waals surface area contributed by atoms with Crippen LogP contribution in [0.4, 0.5) is 11.8 Å². The Morgan fingerprint density at radius 1 is 1.27 bits per heavy atom. The van der Waals surface area contributed by atoms with E-state index in [2.05, 4.69) is 32.2 Å². The second-order valence-corrected chi connectivity index (χ2v) is 5.94. The molecule has 0 radical (unpaired) electrons. The standard InChI is InChI=1S/C15H22N6O/c1-9(22)12-4-3-11-13(16)19-15(20-14(11)18-12)17-10-5-7-21(2)8-6-10/h3-4,9-10,22H,5-8H2,1-2H3,(H3,16,17,18,19,20). The Morgan fingerprint density at radius 3 is 2.68 bits per heavy atom. The van der Waals surface area contributed by atoms with Gasteiger partial charge < -0.3 is 21.1 Å². The summed E-state index contributed by atoms with van der Waals surface area (Å²) in [5.41, 5.74) is 7.10. The van der Waals surface area contributed by atoms with Crippen LogP contribution in [0.15, 0.2) is 12.1 Å². The van der Waals surface area contributed by atoms with Gasteiger partial charge in [-0.2, -0.15) is 9.97 Å². The van der Waals surface area contributed by atoms with Gasteiger partial charge in [0.05, 0.1) is 17.2 Å². The monoisotopic (exact) mass is 302 g/mol. The van der Waals surface area contributed by atoms with Crippen LogP contribution in [0, 0.1) is 0 Å². The van der Waals surface area contributed by atoms with E-state index in [1.165, 1.54) is 0 Å². The molecule has 7 nitrogen and oxygen atoms in total. The van der Waals surface area contributed by atoms with Crippen LogP contribution in [0.3, 0.4) is 0 Å². The minimum Gasteiger partial charge on any atom is -0.387 e. The third-order valence-corrected chi connectivity index (χ3v) is 4.09. The van der Waals surface area contributed by atoms with Crippen molar-refractivity contribution in [2.75, 3.05) is 31.2 Å². The number of hydrogen-bond donors (Lipinski definition) is 3. The van der Waals surface area contributed by atoms with Crippen molar-refractivity contribution in [3.05, 3.63) is 17.8 Å². The molecule has 2 aromatic heterocycles. The Balaban J connectivity index is 1.87. The van der Waals surface area contributed by atoms with Gasteiger partial charge in [0, 0.05) is 6.04 Å². The predicted octanol–water partition coefficient (Wildman–Crippen LogP) is 1.17. The number of aliphatic hydroxyl groups is 1. The lowest BCUT2D eigenvalue weighted by Crippen LogP contribution is -2.37. The Labute approximate surface area is 129 Å². The molecular formula is C15H22N6O. The Morgan fingerprint density at radius 2 is 2.00 bits per heavy atom. The quantitative estimate of drug-likeness (QED) is 0.782. The first-order valence-corrected chi connectivity index (χ1v) is 7.60. The minimum absolute atomic E-state index is 0.355. The van der Waals surface area contributed by atoms with E-state index in [-0.39, 0.29) is 0 Å². The molecule has 0 bridgehead atoms. The van der Waals surface area contributed by atoms with Gasteiger partial charge in [-0.15, -0.1) is 0 Å². The second kappa shape index (κ2) is 6.02. The average molecular weight is 302 g/mol. The van der Waals surface area contributed by atoms with Crippen LogP contribution in [0.1, 0.15) is 31.6 Å². The lowest BCUT2D eigenvalue weighted by atomic mass is 10.1. The molecule has 1 atom stereocenters. The summed E-state index contributed by atoms with van der Waals surface area (Å²) in [6.45, 7) is 3.80. The molecule has 118 valence electrons. The van der Waals surface area contributed by atoms with E-state index in [1.807, 2.05) is 0 Å². The molecule has 3 heterocycles. The molecule has 1 saturated heterocycles. The first kappa shape index (κ1) is 14.9. The van der Waals surface area contributed by atoms with Crippen LogP contribution in [0.5, 0.6) is 0 Å². The van der Waals surface area contributed by atoms with Crippen LogP contribution >= 0.6 is 0 Å². The third-order valence-electron chi connectivity index (χ3n) is 4.09. The van der Waals surface area contributed by atoms with Crippen LogP contribution < -0.4 is 11.1 Å². The lowest BCUT2D eigenvalue weighted by Gasteiger charge is -2.29. The summed E-state index contributed by atoms with van der Waals surface area (Å²) >= 11 is 0. The molecular weight excluding hydrogens is 280 g/mol. The number of nitrogen functional groups attached to an aromatic ring is 1. The molecule has 1 unspecified atom stereocenters. The highest BCUT2D eigenvalue weighted by molar-refractivity contribution is 5.86. The number of nitrogens with zero attached hydrogens (tertiary/aromatic N) is 4. The van der Waals surface area contributed by atoms with Gasteiger partial charge in [0.15, 0.2) is 5.65 Å². The van der Waals surface area contributed by atoms with Gasteiger partial charge in [0.25, 0.3) is 0 Å². The highest BCUT2D eigenvalue weighted by Crippen LogP contribution is 2.22. The zero-order valence-electron chi connectivity index (χ0n) is 13.0. The average Bonchev–Trinajstić information content (AvgIpc) is 2.49. The summed E-state index contributed by atoms with van der Waals surface area (Å²) in [7, 11) is 2.13. The number of pyridine rings is 1. The molecule has 0 amide bonds. The van der Waals surface area contributed by atoms with E-state index in [0.717, 1.165) is 25.9 Å². The van der Waals surface area contributed by atoms with Gasteiger partial charge in [-0.05, 0) is 52.0 Å². The van der Waals surface area contributed by atoms with Crippen molar-refractivity contribution < 1.29 is 5.11 Å². The van der Waals surface area contributed by atoms with E-state index in [9.17, 15) is 5.11 Å². The molecule has 4 N–H and O–H groups in total. The maximum absolute atomic E-state index is 9.65. The van der Waals surface area contributed by atoms with Crippen LogP contribution in [0.2, 0.25) is 0 Å². The molecule has 0 aromatic carbocycles. The zero-order chi connectivity index (χ0) is 15.7. The molecule has 1 aliphatic heterocycles. The smallest absolute Gasteiger partial charge is 0.226 e. The van der Waals surface area contributed by atoms with Gasteiger partial charge >= 0.3 is 0 Å². The van der Waals surface area contributed by atoms with E-state index < -0.39 is 6.10 Å². The number of anilines is 2. The molecule has 3 rings (SSSR count). The van der Waals surface area contributed by atoms with Crippen molar-refractivity contribution in [1.82, 2.24) is 19.9 Å². The van der Waals surface area contributed by atoms with Crippen LogP contribution in [0.25, 0.3) is 11.0 Å².